The van der Waals surface area contributed by atoms with Crippen LogP contribution in [0.2, 0.25) is 0 Å². The molecule has 6 nitrogen and oxygen atoms in total. The van der Waals surface area contributed by atoms with Crippen LogP contribution in [0.25, 0.3) is 11.0 Å². The highest BCUT2D eigenvalue weighted by molar-refractivity contribution is 5.99. The van der Waals surface area contributed by atoms with E-state index in [-0.39, 0.29) is 17.1 Å². The summed E-state index contributed by atoms with van der Waals surface area (Å²) in [6.07, 6.45) is 0.902. The van der Waals surface area contributed by atoms with Crippen molar-refractivity contribution < 1.29 is 13.9 Å². The highest BCUT2D eigenvalue weighted by Crippen LogP contribution is 2.39. The Morgan fingerprint density at radius 2 is 1.76 bits per heavy atom. The Bertz CT molecular complexity index is 1260. The molecule has 0 radical (unpaired) electrons. The minimum absolute atomic E-state index is 0.136. The highest BCUT2D eigenvalue weighted by atomic mass is 16.5. The first-order valence-corrected chi connectivity index (χ1v) is 12.2. The van der Waals surface area contributed by atoms with Crippen LogP contribution >= 0.6 is 0 Å². The third-order valence-electron chi connectivity index (χ3n) is 6.78. The molecule has 1 unspecified atom stereocenters. The number of fused-ring (bicyclic) bond motifs is 2. The Morgan fingerprint density at radius 1 is 1.03 bits per heavy atom. The van der Waals surface area contributed by atoms with Gasteiger partial charge in [0, 0.05) is 13.1 Å². The summed E-state index contributed by atoms with van der Waals surface area (Å²) in [5, 5.41) is 0.517. The zero-order valence-corrected chi connectivity index (χ0v) is 20.8. The van der Waals surface area contributed by atoms with Gasteiger partial charge in [0.1, 0.15) is 11.3 Å². The van der Waals surface area contributed by atoms with E-state index >= 15 is 0 Å². The van der Waals surface area contributed by atoms with Crippen LogP contribution < -0.4 is 10.2 Å². The lowest BCUT2D eigenvalue weighted by Crippen LogP contribution is -2.37. The molecule has 3 aromatic rings. The molecule has 0 saturated heterocycles. The Hall–Kier alpha value is -3.12. The van der Waals surface area contributed by atoms with Crippen LogP contribution in [0.1, 0.15) is 66.0 Å². The molecule has 34 heavy (non-hydrogen) atoms. The molecule has 0 aliphatic carbocycles. The molecule has 180 valence electrons. The fourth-order valence-electron chi connectivity index (χ4n) is 4.64. The second kappa shape index (κ2) is 10.0. The van der Waals surface area contributed by atoms with E-state index in [1.165, 1.54) is 0 Å². The molecule has 1 aliphatic heterocycles. The van der Waals surface area contributed by atoms with E-state index in [1.807, 2.05) is 50.2 Å². The smallest absolute Gasteiger partial charge is 0.290 e. The number of hydrogen-bond acceptors (Lipinski definition) is 5. The van der Waals surface area contributed by atoms with Crippen LogP contribution in [-0.4, -0.2) is 48.5 Å². The van der Waals surface area contributed by atoms with Gasteiger partial charge in [-0.1, -0.05) is 32.9 Å². The first-order valence-electron chi connectivity index (χ1n) is 12.2. The second-order valence-electron chi connectivity index (χ2n) is 8.96. The summed E-state index contributed by atoms with van der Waals surface area (Å²) in [4.78, 5) is 31.5. The van der Waals surface area contributed by atoms with Gasteiger partial charge < -0.3 is 19.0 Å². The number of nitrogens with zero attached hydrogens (tertiary/aromatic N) is 2. The van der Waals surface area contributed by atoms with Crippen LogP contribution in [-0.2, 0) is 0 Å². The summed E-state index contributed by atoms with van der Waals surface area (Å²) in [6, 6.07) is 10.9. The summed E-state index contributed by atoms with van der Waals surface area (Å²) >= 11 is 0. The molecule has 1 atom stereocenters. The predicted octanol–water partition coefficient (Wildman–Crippen LogP) is 5.09. The summed E-state index contributed by atoms with van der Waals surface area (Å²) in [5.74, 6) is 0.662. The lowest BCUT2D eigenvalue weighted by atomic mass is 9.97. The van der Waals surface area contributed by atoms with Crippen molar-refractivity contribution in [3.8, 4) is 5.75 Å². The standard InChI is InChI=1S/C28H34N2O4/c1-6-14-33-21-11-9-10-20(17-21)25-24-26(31)22-15-18(4)19(5)16-23(22)34-27(24)28(32)30(25)13-12-29(7-2)8-3/h9-11,15-17,25H,6-8,12-14H2,1-5H3. The van der Waals surface area contributed by atoms with E-state index < -0.39 is 6.04 Å². The minimum Gasteiger partial charge on any atom is -0.494 e. The summed E-state index contributed by atoms with van der Waals surface area (Å²) in [6.45, 7) is 13.9. The van der Waals surface area contributed by atoms with Gasteiger partial charge in [-0.25, -0.2) is 0 Å². The number of benzene rings is 2. The van der Waals surface area contributed by atoms with Crippen LogP contribution in [0.5, 0.6) is 5.75 Å². The monoisotopic (exact) mass is 462 g/mol. The van der Waals surface area contributed by atoms with Gasteiger partial charge in [-0.2, -0.15) is 0 Å². The van der Waals surface area contributed by atoms with E-state index in [0.717, 1.165) is 48.5 Å². The third kappa shape index (κ3) is 4.34. The normalized spacial score (nSPS) is 15.4. The number of rotatable bonds is 9. The van der Waals surface area contributed by atoms with Crippen molar-refractivity contribution in [3.05, 3.63) is 74.6 Å². The molecule has 1 aliphatic rings. The lowest BCUT2D eigenvalue weighted by Gasteiger charge is -2.28. The molecule has 0 bridgehead atoms. The highest BCUT2D eigenvalue weighted by Gasteiger charge is 2.42. The van der Waals surface area contributed by atoms with Crippen LogP contribution in [0.4, 0.5) is 0 Å². The number of amides is 1. The van der Waals surface area contributed by atoms with Crippen LogP contribution in [0, 0.1) is 13.8 Å². The minimum atomic E-state index is -0.509. The van der Waals surface area contributed by atoms with Gasteiger partial charge in [-0.3, -0.25) is 9.59 Å². The van der Waals surface area contributed by atoms with Gasteiger partial charge in [0.15, 0.2) is 5.43 Å². The average Bonchev–Trinajstić information content (AvgIpc) is 3.12. The van der Waals surface area contributed by atoms with Gasteiger partial charge >= 0.3 is 0 Å². The Balaban J connectivity index is 1.87. The Labute approximate surface area is 201 Å². The van der Waals surface area contributed by atoms with Crippen molar-refractivity contribution in [3.63, 3.8) is 0 Å². The molecule has 0 N–H and O–H groups in total. The molecular formula is C28H34N2O4. The summed E-state index contributed by atoms with van der Waals surface area (Å²) in [7, 11) is 0. The number of ether oxygens (including phenoxy) is 1. The summed E-state index contributed by atoms with van der Waals surface area (Å²) < 4.78 is 12.0. The fraction of sp³-hybridized carbons (Fsp3) is 0.429. The number of likely N-dealkylation sites (N-methyl/N-ethyl adjacent to an activating group) is 1. The maximum atomic E-state index is 13.8. The first kappa shape index (κ1) is 24.0. The number of carbonyl (C=O) groups excluding carboxylic acids is 1. The van der Waals surface area contributed by atoms with E-state index in [9.17, 15) is 9.59 Å². The van der Waals surface area contributed by atoms with Crippen LogP contribution in [0.15, 0.2) is 45.6 Å². The topological polar surface area (TPSA) is 63.0 Å². The molecule has 1 aromatic heterocycles. The lowest BCUT2D eigenvalue weighted by molar-refractivity contribution is 0.0708. The molecule has 0 fully saturated rings. The van der Waals surface area contributed by atoms with Crippen molar-refractivity contribution in [2.24, 2.45) is 0 Å². The SMILES string of the molecule is CCCOc1cccc(C2c3c(oc4cc(C)c(C)cc4c3=O)C(=O)N2CCN(CC)CC)c1. The predicted molar refractivity (Wildman–Crippen MR) is 135 cm³/mol. The van der Waals surface area contributed by atoms with E-state index in [2.05, 4.69) is 25.7 Å². The summed E-state index contributed by atoms with van der Waals surface area (Å²) in [5.41, 5.74) is 3.65. The second-order valence-corrected chi connectivity index (χ2v) is 8.96. The molecule has 2 heterocycles. The van der Waals surface area contributed by atoms with Crippen molar-refractivity contribution in [2.45, 2.75) is 47.1 Å². The van der Waals surface area contributed by atoms with Gasteiger partial charge in [-0.15, -0.1) is 0 Å². The molecule has 0 spiro atoms. The van der Waals surface area contributed by atoms with E-state index in [1.54, 1.807) is 4.90 Å². The van der Waals surface area contributed by atoms with Crippen LogP contribution in [0.3, 0.4) is 0 Å². The molecule has 6 heteroatoms. The van der Waals surface area contributed by atoms with Crippen molar-refractivity contribution in [1.82, 2.24) is 9.80 Å². The Morgan fingerprint density at radius 3 is 2.47 bits per heavy atom. The zero-order chi connectivity index (χ0) is 24.4. The maximum Gasteiger partial charge on any atom is 0.290 e. The molecular weight excluding hydrogens is 428 g/mol. The fourth-order valence-corrected chi connectivity index (χ4v) is 4.64. The quantitative estimate of drug-likeness (QED) is 0.443. The van der Waals surface area contributed by atoms with E-state index in [4.69, 9.17) is 9.15 Å². The maximum absolute atomic E-state index is 13.8. The molecule has 4 rings (SSSR count). The number of carbonyl (C=O) groups is 1. The Kier molecular flexibility index (Phi) is 7.08. The number of aryl methyl sites for hydroxylation is 2. The van der Waals surface area contributed by atoms with E-state index in [0.29, 0.717) is 29.7 Å². The van der Waals surface area contributed by atoms with Crippen molar-refractivity contribution in [2.75, 3.05) is 32.8 Å². The third-order valence-corrected chi connectivity index (χ3v) is 6.78. The van der Waals surface area contributed by atoms with Gasteiger partial charge in [-0.05, 0) is 74.3 Å². The number of hydrogen-bond donors (Lipinski definition) is 0. The molecule has 0 saturated carbocycles. The van der Waals surface area contributed by atoms with Gasteiger partial charge in [0.25, 0.3) is 5.91 Å². The van der Waals surface area contributed by atoms with Gasteiger partial charge in [0.2, 0.25) is 5.76 Å². The largest absolute Gasteiger partial charge is 0.494 e. The van der Waals surface area contributed by atoms with Crippen molar-refractivity contribution in [1.29, 1.82) is 0 Å². The molecule has 1 amide bonds. The zero-order valence-electron chi connectivity index (χ0n) is 20.8. The average molecular weight is 463 g/mol. The van der Waals surface area contributed by atoms with Crippen molar-refractivity contribution >= 4 is 16.9 Å². The first-order chi connectivity index (χ1) is 16.4. The molecule has 2 aromatic carbocycles. The van der Waals surface area contributed by atoms with Gasteiger partial charge in [0.05, 0.1) is 23.6 Å².